The van der Waals surface area contributed by atoms with Gasteiger partial charge in [-0.05, 0) is 35.9 Å². The summed E-state index contributed by atoms with van der Waals surface area (Å²) in [5.74, 6) is 0.0923. The lowest BCUT2D eigenvalue weighted by atomic mass is 10.2. The molecule has 2 aromatic rings. The molecule has 3 nitrogen and oxygen atoms in total. The summed E-state index contributed by atoms with van der Waals surface area (Å²) in [6.45, 7) is 0.286. The standard InChI is InChI=1S/C15H14FNO2/c1-19-14-7-3-5-12(9-14)15(18)17-10-11-4-2-6-13(16)8-11/h2-9H,10H2,1H3,(H,17,18). The molecule has 1 amide bonds. The maximum Gasteiger partial charge on any atom is 0.251 e. The second-order valence-electron chi connectivity index (χ2n) is 4.04. The molecule has 0 aromatic heterocycles. The van der Waals surface area contributed by atoms with Crippen molar-refractivity contribution in [2.45, 2.75) is 6.54 Å². The van der Waals surface area contributed by atoms with Gasteiger partial charge in [0.05, 0.1) is 7.11 Å². The van der Waals surface area contributed by atoms with Crippen LogP contribution < -0.4 is 10.1 Å². The SMILES string of the molecule is COc1cccc(C(=O)NCc2cccc(F)c2)c1. The molecular formula is C15H14FNO2. The smallest absolute Gasteiger partial charge is 0.251 e. The van der Waals surface area contributed by atoms with Crippen molar-refractivity contribution in [3.63, 3.8) is 0 Å². The molecule has 4 heteroatoms. The minimum Gasteiger partial charge on any atom is -0.497 e. The average Bonchev–Trinajstić information content (AvgIpc) is 2.45. The number of amides is 1. The summed E-state index contributed by atoms with van der Waals surface area (Å²) in [6, 6.07) is 13.0. The molecule has 0 heterocycles. The molecule has 0 fully saturated rings. The van der Waals surface area contributed by atoms with Crippen LogP contribution in [-0.2, 0) is 6.54 Å². The topological polar surface area (TPSA) is 38.3 Å². The van der Waals surface area contributed by atoms with Gasteiger partial charge < -0.3 is 10.1 Å². The van der Waals surface area contributed by atoms with Gasteiger partial charge in [0.2, 0.25) is 0 Å². The Morgan fingerprint density at radius 3 is 2.74 bits per heavy atom. The molecule has 0 aliphatic heterocycles. The Hall–Kier alpha value is -2.36. The Balaban J connectivity index is 2.01. The molecule has 0 bridgehead atoms. The van der Waals surface area contributed by atoms with E-state index in [4.69, 9.17) is 4.74 Å². The van der Waals surface area contributed by atoms with Crippen LogP contribution in [0.2, 0.25) is 0 Å². The minimum absolute atomic E-state index is 0.219. The molecule has 0 aliphatic carbocycles. The van der Waals surface area contributed by atoms with Crippen LogP contribution in [0, 0.1) is 5.82 Å². The minimum atomic E-state index is -0.312. The van der Waals surface area contributed by atoms with E-state index >= 15 is 0 Å². The van der Waals surface area contributed by atoms with Crippen LogP contribution in [0.25, 0.3) is 0 Å². The fourth-order valence-corrected chi connectivity index (χ4v) is 1.70. The van der Waals surface area contributed by atoms with Gasteiger partial charge in [-0.3, -0.25) is 4.79 Å². The van der Waals surface area contributed by atoms with Gasteiger partial charge >= 0.3 is 0 Å². The first-order chi connectivity index (χ1) is 9.19. The maximum absolute atomic E-state index is 13.0. The number of halogens is 1. The van der Waals surface area contributed by atoms with E-state index in [9.17, 15) is 9.18 Å². The first-order valence-corrected chi connectivity index (χ1v) is 5.86. The van der Waals surface area contributed by atoms with E-state index < -0.39 is 0 Å². The summed E-state index contributed by atoms with van der Waals surface area (Å²) in [4.78, 5) is 11.9. The van der Waals surface area contributed by atoms with Crippen molar-refractivity contribution < 1.29 is 13.9 Å². The third kappa shape index (κ3) is 3.55. The number of hydrogen-bond donors (Lipinski definition) is 1. The molecule has 0 saturated carbocycles. The Labute approximate surface area is 111 Å². The Morgan fingerprint density at radius 2 is 2.00 bits per heavy atom. The highest BCUT2D eigenvalue weighted by atomic mass is 19.1. The second-order valence-corrected chi connectivity index (χ2v) is 4.04. The lowest BCUT2D eigenvalue weighted by Gasteiger charge is -2.07. The highest BCUT2D eigenvalue weighted by molar-refractivity contribution is 5.94. The van der Waals surface area contributed by atoms with Crippen LogP contribution in [0.3, 0.4) is 0 Å². The zero-order valence-corrected chi connectivity index (χ0v) is 10.5. The van der Waals surface area contributed by atoms with E-state index in [2.05, 4.69) is 5.32 Å². The third-order valence-electron chi connectivity index (χ3n) is 2.67. The fraction of sp³-hybridized carbons (Fsp3) is 0.133. The van der Waals surface area contributed by atoms with Crippen molar-refractivity contribution in [3.05, 3.63) is 65.5 Å². The molecular weight excluding hydrogens is 245 g/mol. The quantitative estimate of drug-likeness (QED) is 0.916. The number of hydrogen-bond acceptors (Lipinski definition) is 2. The molecule has 2 rings (SSSR count). The van der Waals surface area contributed by atoms with Gasteiger partial charge in [0, 0.05) is 12.1 Å². The Kier molecular flexibility index (Phi) is 4.13. The van der Waals surface area contributed by atoms with Crippen LogP contribution in [0.4, 0.5) is 4.39 Å². The number of methoxy groups -OCH3 is 1. The van der Waals surface area contributed by atoms with Crippen molar-refractivity contribution in [2.24, 2.45) is 0 Å². The van der Waals surface area contributed by atoms with Gasteiger partial charge in [0.15, 0.2) is 0 Å². The van der Waals surface area contributed by atoms with Gasteiger partial charge in [-0.25, -0.2) is 4.39 Å². The number of nitrogens with one attached hydrogen (secondary N) is 1. The van der Waals surface area contributed by atoms with Gasteiger partial charge in [0.25, 0.3) is 5.91 Å². The lowest BCUT2D eigenvalue weighted by molar-refractivity contribution is 0.0950. The predicted molar refractivity (Wildman–Crippen MR) is 70.6 cm³/mol. The van der Waals surface area contributed by atoms with E-state index in [0.717, 1.165) is 5.56 Å². The van der Waals surface area contributed by atoms with Crippen molar-refractivity contribution >= 4 is 5.91 Å². The van der Waals surface area contributed by atoms with Crippen molar-refractivity contribution in [1.82, 2.24) is 5.32 Å². The largest absolute Gasteiger partial charge is 0.497 e. The van der Waals surface area contributed by atoms with Gasteiger partial charge in [0.1, 0.15) is 11.6 Å². The summed E-state index contributed by atoms with van der Waals surface area (Å²) >= 11 is 0. The summed E-state index contributed by atoms with van der Waals surface area (Å²) in [5, 5.41) is 2.73. The first-order valence-electron chi connectivity index (χ1n) is 5.86. The zero-order chi connectivity index (χ0) is 13.7. The summed E-state index contributed by atoms with van der Waals surface area (Å²) < 4.78 is 18.0. The van der Waals surface area contributed by atoms with Crippen molar-refractivity contribution in [3.8, 4) is 5.75 Å². The Morgan fingerprint density at radius 1 is 1.21 bits per heavy atom. The molecule has 0 aliphatic rings. The average molecular weight is 259 g/mol. The van der Waals surface area contributed by atoms with E-state index in [0.29, 0.717) is 11.3 Å². The number of rotatable bonds is 4. The summed E-state index contributed by atoms with van der Waals surface area (Å²) in [6.07, 6.45) is 0. The highest BCUT2D eigenvalue weighted by Gasteiger charge is 2.06. The van der Waals surface area contributed by atoms with Crippen LogP contribution in [0.5, 0.6) is 5.75 Å². The normalized spacial score (nSPS) is 10.0. The third-order valence-corrected chi connectivity index (χ3v) is 2.67. The summed E-state index contributed by atoms with van der Waals surface area (Å²) in [7, 11) is 1.55. The molecule has 0 atom stereocenters. The molecule has 0 radical (unpaired) electrons. The van der Waals surface area contributed by atoms with E-state index in [1.54, 1.807) is 43.5 Å². The van der Waals surface area contributed by atoms with Gasteiger partial charge in [-0.2, -0.15) is 0 Å². The molecule has 19 heavy (non-hydrogen) atoms. The summed E-state index contributed by atoms with van der Waals surface area (Å²) in [5.41, 5.74) is 1.23. The van der Waals surface area contributed by atoms with Crippen LogP contribution >= 0.6 is 0 Å². The van der Waals surface area contributed by atoms with Crippen LogP contribution in [0.1, 0.15) is 15.9 Å². The number of carbonyl (C=O) groups is 1. The number of ether oxygens (including phenoxy) is 1. The molecule has 2 aromatic carbocycles. The molecule has 0 unspecified atom stereocenters. The highest BCUT2D eigenvalue weighted by Crippen LogP contribution is 2.12. The molecule has 0 spiro atoms. The van der Waals surface area contributed by atoms with Gasteiger partial charge in [-0.1, -0.05) is 18.2 Å². The fourth-order valence-electron chi connectivity index (χ4n) is 1.70. The molecule has 0 saturated heterocycles. The number of carbonyl (C=O) groups excluding carboxylic acids is 1. The first kappa shape index (κ1) is 13.1. The van der Waals surface area contributed by atoms with Crippen molar-refractivity contribution in [2.75, 3.05) is 7.11 Å². The van der Waals surface area contributed by atoms with E-state index in [1.165, 1.54) is 12.1 Å². The predicted octanol–water partition coefficient (Wildman–Crippen LogP) is 2.76. The van der Waals surface area contributed by atoms with Gasteiger partial charge in [-0.15, -0.1) is 0 Å². The lowest BCUT2D eigenvalue weighted by Crippen LogP contribution is -2.22. The van der Waals surface area contributed by atoms with E-state index in [-0.39, 0.29) is 18.3 Å². The van der Waals surface area contributed by atoms with Crippen molar-refractivity contribution in [1.29, 1.82) is 0 Å². The second kappa shape index (κ2) is 6.00. The zero-order valence-electron chi connectivity index (χ0n) is 10.5. The maximum atomic E-state index is 13.0. The molecule has 98 valence electrons. The van der Waals surface area contributed by atoms with Crippen LogP contribution in [0.15, 0.2) is 48.5 Å². The number of benzene rings is 2. The molecule has 1 N–H and O–H groups in total. The van der Waals surface area contributed by atoms with Crippen LogP contribution in [-0.4, -0.2) is 13.0 Å². The Bertz CT molecular complexity index is 584. The monoisotopic (exact) mass is 259 g/mol. The van der Waals surface area contributed by atoms with E-state index in [1.807, 2.05) is 0 Å².